The molecule has 310 valence electrons. The molecule has 2 fully saturated rings. The Morgan fingerprint density at radius 3 is 2.03 bits per heavy atom. The molecule has 0 saturated carbocycles. The number of imidazole rings is 2. The summed E-state index contributed by atoms with van der Waals surface area (Å²) in [7, 11) is 5.02. The Balaban J connectivity index is 0.951. The third kappa shape index (κ3) is 8.14. The molecule has 2 aromatic heterocycles. The van der Waals surface area contributed by atoms with E-state index in [1.165, 1.54) is 7.11 Å². The van der Waals surface area contributed by atoms with Crippen LogP contribution in [-0.4, -0.2) is 99.1 Å². The number of nitrogens with one attached hydrogen (secondary N) is 3. The summed E-state index contributed by atoms with van der Waals surface area (Å²) in [6.45, 7) is 4.43. The van der Waals surface area contributed by atoms with Gasteiger partial charge in [0.1, 0.15) is 29.9 Å². The Kier molecular flexibility index (Phi) is 11.5. The largest absolute Gasteiger partial charge is 0.453 e. The van der Waals surface area contributed by atoms with Gasteiger partial charge in [0.05, 0.1) is 49.5 Å². The highest BCUT2D eigenvalue weighted by molar-refractivity contribution is 5.91. The first kappa shape index (κ1) is 40.4. The summed E-state index contributed by atoms with van der Waals surface area (Å²) >= 11 is 0. The number of benzene rings is 4. The molecule has 2 aliphatic heterocycles. The highest BCUT2D eigenvalue weighted by Gasteiger charge is 2.42. The van der Waals surface area contributed by atoms with Crippen LogP contribution in [0.4, 0.5) is 9.18 Å². The van der Waals surface area contributed by atoms with Crippen LogP contribution >= 0.6 is 0 Å². The third-order valence-corrected chi connectivity index (χ3v) is 11.8. The number of hydrogen-bond acceptors (Lipinski definition) is 7. The van der Waals surface area contributed by atoms with E-state index in [-0.39, 0.29) is 36.7 Å². The molecule has 12 nitrogen and oxygen atoms in total. The van der Waals surface area contributed by atoms with Crippen molar-refractivity contribution in [2.45, 2.75) is 63.4 Å². The number of aromatic nitrogens is 4. The maximum absolute atomic E-state index is 15.0. The second kappa shape index (κ2) is 17.1. The number of nitrogens with zero attached hydrogens (tertiary/aromatic N) is 5. The van der Waals surface area contributed by atoms with Gasteiger partial charge in [-0.3, -0.25) is 14.5 Å². The van der Waals surface area contributed by atoms with Crippen molar-refractivity contribution in [3.05, 3.63) is 121 Å². The molecular formula is C47H51FN8O4. The summed E-state index contributed by atoms with van der Waals surface area (Å²) in [5.41, 5.74) is 6.59. The third-order valence-electron chi connectivity index (χ3n) is 11.8. The minimum Gasteiger partial charge on any atom is -0.453 e. The molecule has 2 aliphatic rings. The predicted molar refractivity (Wildman–Crippen MR) is 229 cm³/mol. The summed E-state index contributed by atoms with van der Waals surface area (Å²) in [5, 5.41) is 4.87. The number of rotatable bonds is 11. The molecule has 0 spiro atoms. The topological polar surface area (TPSA) is 140 Å². The van der Waals surface area contributed by atoms with Crippen molar-refractivity contribution in [1.29, 1.82) is 0 Å². The lowest BCUT2D eigenvalue weighted by Crippen LogP contribution is -2.51. The fraction of sp³-hybridized carbons (Fsp3) is 0.340. The van der Waals surface area contributed by atoms with E-state index >= 15 is 0 Å². The summed E-state index contributed by atoms with van der Waals surface area (Å²) in [6, 6.07) is 28.6. The number of methoxy groups -OCH3 is 1. The van der Waals surface area contributed by atoms with Crippen molar-refractivity contribution in [3.63, 3.8) is 0 Å². The Morgan fingerprint density at radius 1 is 0.783 bits per heavy atom. The van der Waals surface area contributed by atoms with Crippen molar-refractivity contribution in [1.82, 2.24) is 40.0 Å². The molecule has 3 amide bonds. The van der Waals surface area contributed by atoms with Gasteiger partial charge in [0, 0.05) is 18.5 Å². The van der Waals surface area contributed by atoms with E-state index < -0.39 is 30.4 Å². The van der Waals surface area contributed by atoms with Gasteiger partial charge in [-0.05, 0) is 78.0 Å². The number of fused-ring (bicyclic) bond motifs is 1. The van der Waals surface area contributed by atoms with Crippen LogP contribution in [0.2, 0.25) is 0 Å². The standard InChI is InChI=1S/C47H51FN8O4/c1-28(2)41(53-47(59)60-5)45(57)55-21-9-12-39(55)43-49-26-38(52-43)35-20-19-33-22-32(17-18-34(33)23-35)29-13-15-30(16-14-29)37-25-50-44(51-37)40-24-36(48)27-56(40)46(58)42(54(3)4)31-10-7-6-8-11-31/h6-8,10-11,13-20,22-23,25-26,28,36,39-42H,9,12,21,24,27H2,1-5H3,(H,49,52)(H,50,51)(H,53,59). The monoisotopic (exact) mass is 810 g/mol. The fourth-order valence-corrected chi connectivity index (χ4v) is 8.67. The van der Waals surface area contributed by atoms with E-state index in [2.05, 4.69) is 68.8 Å². The average molecular weight is 811 g/mol. The average Bonchev–Trinajstić information content (AvgIpc) is 4.09. The van der Waals surface area contributed by atoms with Gasteiger partial charge in [-0.15, -0.1) is 0 Å². The molecule has 4 aromatic carbocycles. The van der Waals surface area contributed by atoms with Gasteiger partial charge in [0.15, 0.2) is 0 Å². The smallest absolute Gasteiger partial charge is 0.407 e. The zero-order valence-electron chi connectivity index (χ0n) is 34.6. The second-order valence-electron chi connectivity index (χ2n) is 16.4. The number of amides is 3. The van der Waals surface area contributed by atoms with E-state index in [1.807, 2.05) is 86.4 Å². The fourth-order valence-electron chi connectivity index (χ4n) is 8.67. The highest BCUT2D eigenvalue weighted by Crippen LogP contribution is 2.37. The molecule has 5 atom stereocenters. The first-order chi connectivity index (χ1) is 29.0. The van der Waals surface area contributed by atoms with Crippen LogP contribution in [0.3, 0.4) is 0 Å². The quantitative estimate of drug-likeness (QED) is 0.120. The Labute approximate surface area is 349 Å². The maximum Gasteiger partial charge on any atom is 0.407 e. The van der Waals surface area contributed by atoms with E-state index in [4.69, 9.17) is 9.72 Å². The van der Waals surface area contributed by atoms with Crippen molar-refractivity contribution < 1.29 is 23.5 Å². The number of carbonyl (C=O) groups is 3. The van der Waals surface area contributed by atoms with E-state index in [9.17, 15) is 18.8 Å². The lowest BCUT2D eigenvalue weighted by Gasteiger charge is -2.31. The molecule has 4 heterocycles. The number of ether oxygens (including phenoxy) is 1. The molecule has 8 rings (SSSR count). The SMILES string of the molecule is COC(=O)NC(C(=O)N1CCCC1c1ncc(-c2ccc3cc(-c4ccc(-c5cnc(C6CC(F)CN6C(=O)C(c6ccccc6)N(C)C)[nH]5)cc4)ccc3c2)[nH]1)C(C)C. The Bertz CT molecular complexity index is 2480. The number of alkyl carbamates (subject to hydrolysis) is 1. The number of halogens is 1. The normalized spacial score (nSPS) is 19.0. The van der Waals surface area contributed by atoms with Crippen molar-refractivity contribution in [2.75, 3.05) is 34.3 Å². The lowest BCUT2D eigenvalue weighted by molar-refractivity contribution is -0.137. The van der Waals surface area contributed by atoms with Crippen molar-refractivity contribution in [2.24, 2.45) is 5.92 Å². The number of carbonyl (C=O) groups excluding carboxylic acids is 3. The van der Waals surface area contributed by atoms with E-state index in [1.54, 1.807) is 11.1 Å². The first-order valence-electron chi connectivity index (χ1n) is 20.5. The molecule has 0 aliphatic carbocycles. The van der Waals surface area contributed by atoms with Gasteiger partial charge < -0.3 is 29.8 Å². The summed E-state index contributed by atoms with van der Waals surface area (Å²) in [6.07, 6.45) is 3.63. The summed E-state index contributed by atoms with van der Waals surface area (Å²) in [4.78, 5) is 61.0. The molecule has 3 N–H and O–H groups in total. The lowest BCUT2D eigenvalue weighted by atomic mass is 9.98. The molecule has 60 heavy (non-hydrogen) atoms. The Morgan fingerprint density at radius 2 is 1.38 bits per heavy atom. The molecule has 2 saturated heterocycles. The number of H-pyrrole nitrogens is 2. The van der Waals surface area contributed by atoms with E-state index in [0.29, 0.717) is 12.4 Å². The van der Waals surface area contributed by atoms with Crippen LogP contribution in [0.25, 0.3) is 44.4 Å². The minimum atomic E-state index is -1.13. The number of hydrogen-bond donors (Lipinski definition) is 3. The van der Waals surface area contributed by atoms with Crippen LogP contribution in [-0.2, 0) is 14.3 Å². The van der Waals surface area contributed by atoms with Crippen LogP contribution in [0.5, 0.6) is 0 Å². The van der Waals surface area contributed by atoms with Crippen LogP contribution in [0.15, 0.2) is 103 Å². The zero-order valence-corrected chi connectivity index (χ0v) is 34.6. The second-order valence-corrected chi connectivity index (χ2v) is 16.4. The zero-order chi connectivity index (χ0) is 42.1. The van der Waals surface area contributed by atoms with Crippen molar-refractivity contribution in [3.8, 4) is 33.6 Å². The maximum atomic E-state index is 15.0. The summed E-state index contributed by atoms with van der Waals surface area (Å²) < 4.78 is 19.7. The van der Waals surface area contributed by atoms with Gasteiger partial charge in [-0.2, -0.15) is 0 Å². The summed E-state index contributed by atoms with van der Waals surface area (Å²) in [5.74, 6) is 0.910. The molecule has 5 unspecified atom stereocenters. The predicted octanol–water partition coefficient (Wildman–Crippen LogP) is 8.25. The molecule has 0 bridgehead atoms. The van der Waals surface area contributed by atoms with Crippen molar-refractivity contribution >= 4 is 28.7 Å². The minimum absolute atomic E-state index is 0.0319. The van der Waals surface area contributed by atoms with Gasteiger partial charge in [-0.25, -0.2) is 19.2 Å². The van der Waals surface area contributed by atoms with Gasteiger partial charge >= 0.3 is 6.09 Å². The molecule has 0 radical (unpaired) electrons. The first-order valence-corrected chi connectivity index (χ1v) is 20.5. The number of likely N-dealkylation sites (N-methyl/N-ethyl adjacent to an activating group) is 1. The Hall–Kier alpha value is -6.34. The van der Waals surface area contributed by atoms with Gasteiger partial charge in [0.2, 0.25) is 11.8 Å². The highest BCUT2D eigenvalue weighted by atomic mass is 19.1. The number of alkyl halides is 1. The van der Waals surface area contributed by atoms with Crippen LogP contribution in [0.1, 0.15) is 68.4 Å². The number of likely N-dealkylation sites (tertiary alicyclic amines) is 2. The molecule has 6 aromatic rings. The molecule has 13 heteroatoms. The van der Waals surface area contributed by atoms with Crippen LogP contribution < -0.4 is 5.32 Å². The van der Waals surface area contributed by atoms with E-state index in [0.717, 1.165) is 68.6 Å². The molecular weight excluding hydrogens is 760 g/mol. The van der Waals surface area contributed by atoms with Gasteiger partial charge in [0.25, 0.3) is 0 Å². The van der Waals surface area contributed by atoms with Crippen LogP contribution in [0, 0.1) is 5.92 Å². The van der Waals surface area contributed by atoms with Gasteiger partial charge in [-0.1, -0.05) is 92.7 Å². The number of aromatic amines is 2.